The quantitative estimate of drug-likeness (QED) is 0.346. The Morgan fingerprint density at radius 3 is 2.51 bits per heavy atom. The number of benzene rings is 1. The monoisotopic (exact) mass is 537 g/mol. The fourth-order valence-corrected chi connectivity index (χ4v) is 7.14. The van der Waals surface area contributed by atoms with Gasteiger partial charge < -0.3 is 24.5 Å². The van der Waals surface area contributed by atoms with Crippen LogP contribution < -0.4 is 4.90 Å². The minimum absolute atomic E-state index is 0.000640. The van der Waals surface area contributed by atoms with Crippen LogP contribution in [0, 0.1) is 31.6 Å². The van der Waals surface area contributed by atoms with Gasteiger partial charge in [0.15, 0.2) is 0 Å². The molecule has 1 N–H and O–H groups in total. The van der Waals surface area contributed by atoms with Crippen LogP contribution in [-0.4, -0.2) is 83.2 Å². The molecule has 3 heterocycles. The smallest absolute Gasteiger partial charge is 0.253 e. The largest absolute Gasteiger partial charge is 0.396 e. The van der Waals surface area contributed by atoms with Crippen LogP contribution in [0.15, 0.2) is 43.5 Å². The SMILES string of the molecule is C=CCN(C)C(=O)[C@@H]1[C@H]2C(=O)N(CCCCO)C(C(=O)N(CC=C)c3cc(C)ccc3C)C23CC(C)[C@@]1(C)O3. The van der Waals surface area contributed by atoms with Crippen molar-refractivity contribution in [2.75, 3.05) is 38.2 Å². The van der Waals surface area contributed by atoms with E-state index in [-0.39, 0.29) is 36.8 Å². The Kier molecular flexibility index (Phi) is 8.11. The highest BCUT2D eigenvalue weighted by Crippen LogP contribution is 2.65. The van der Waals surface area contributed by atoms with E-state index in [0.717, 1.165) is 16.8 Å². The number of likely N-dealkylation sites (N-methyl/N-ethyl adjacent to an activating group) is 1. The van der Waals surface area contributed by atoms with Crippen molar-refractivity contribution in [2.45, 2.75) is 64.2 Å². The highest BCUT2D eigenvalue weighted by Gasteiger charge is 2.80. The Hall–Kier alpha value is -2.97. The summed E-state index contributed by atoms with van der Waals surface area (Å²) >= 11 is 0. The Morgan fingerprint density at radius 1 is 1.18 bits per heavy atom. The van der Waals surface area contributed by atoms with Gasteiger partial charge in [0.25, 0.3) is 5.91 Å². The lowest BCUT2D eigenvalue weighted by molar-refractivity contribution is -0.150. The fourth-order valence-electron chi connectivity index (χ4n) is 7.14. The Balaban J connectivity index is 1.84. The van der Waals surface area contributed by atoms with Crippen molar-refractivity contribution in [1.82, 2.24) is 9.80 Å². The standard InChI is InChI=1S/C31H43N3O5/c1-8-14-32(7)27(36)24-25-28(37)34(16-10-11-17-35)26(31(25)19-22(5)30(24,6)39-31)29(38)33(15-9-2)23-18-20(3)12-13-21(23)4/h8-9,12-13,18,22,24-26,35H,1-2,10-11,14-17,19H2,3-7H3/t22?,24-,25-,26?,30+,31?/m0/s1. The fraction of sp³-hybridized carbons (Fsp3) is 0.581. The molecule has 2 bridgehead atoms. The highest BCUT2D eigenvalue weighted by atomic mass is 16.5. The molecule has 3 saturated heterocycles. The highest BCUT2D eigenvalue weighted by molar-refractivity contribution is 6.05. The molecule has 8 heteroatoms. The zero-order chi connectivity index (χ0) is 28.7. The van der Waals surface area contributed by atoms with Crippen LogP contribution in [0.25, 0.3) is 0 Å². The molecule has 1 aromatic rings. The average molecular weight is 538 g/mol. The third kappa shape index (κ3) is 4.51. The van der Waals surface area contributed by atoms with E-state index in [1.165, 1.54) is 0 Å². The van der Waals surface area contributed by atoms with Gasteiger partial charge in [-0.3, -0.25) is 14.4 Å². The Bertz CT molecular complexity index is 1170. The second kappa shape index (κ2) is 10.9. The summed E-state index contributed by atoms with van der Waals surface area (Å²) in [6.45, 7) is 16.5. The van der Waals surface area contributed by atoms with Gasteiger partial charge in [-0.2, -0.15) is 0 Å². The number of unbranched alkanes of at least 4 members (excludes halogenated alkanes) is 1. The van der Waals surface area contributed by atoms with E-state index in [1.807, 2.05) is 45.9 Å². The second-order valence-electron chi connectivity index (χ2n) is 11.7. The number of ether oxygens (including phenoxy) is 1. The van der Waals surface area contributed by atoms with Gasteiger partial charge in [-0.15, -0.1) is 13.2 Å². The number of anilines is 1. The molecule has 4 rings (SSSR count). The summed E-state index contributed by atoms with van der Waals surface area (Å²) in [6.07, 6.45) is 4.91. The Morgan fingerprint density at radius 2 is 1.87 bits per heavy atom. The number of fused-ring (bicyclic) bond motifs is 1. The maximum atomic E-state index is 14.7. The summed E-state index contributed by atoms with van der Waals surface area (Å²) in [7, 11) is 1.71. The molecule has 3 aliphatic rings. The lowest BCUT2D eigenvalue weighted by atomic mass is 9.62. The van der Waals surface area contributed by atoms with Crippen LogP contribution >= 0.6 is 0 Å². The molecule has 3 unspecified atom stereocenters. The molecule has 3 fully saturated rings. The number of carbonyl (C=O) groups excluding carboxylic acids is 3. The maximum absolute atomic E-state index is 14.7. The predicted octanol–water partition coefficient (Wildman–Crippen LogP) is 3.25. The Labute approximate surface area is 232 Å². The van der Waals surface area contributed by atoms with Gasteiger partial charge in [-0.1, -0.05) is 31.2 Å². The molecule has 0 radical (unpaired) electrons. The lowest BCUT2D eigenvalue weighted by Crippen LogP contribution is -2.57. The van der Waals surface area contributed by atoms with Crippen LogP contribution in [0.4, 0.5) is 5.69 Å². The topological polar surface area (TPSA) is 90.4 Å². The number of hydrogen-bond acceptors (Lipinski definition) is 5. The van der Waals surface area contributed by atoms with Crippen molar-refractivity contribution in [3.05, 3.63) is 54.6 Å². The number of aliphatic hydroxyl groups is 1. The van der Waals surface area contributed by atoms with Crippen molar-refractivity contribution in [1.29, 1.82) is 0 Å². The van der Waals surface area contributed by atoms with E-state index < -0.39 is 29.1 Å². The number of amides is 3. The summed E-state index contributed by atoms with van der Waals surface area (Å²) in [5.41, 5.74) is 0.745. The molecular formula is C31H43N3O5. The minimum Gasteiger partial charge on any atom is -0.396 e. The van der Waals surface area contributed by atoms with Crippen LogP contribution in [0.2, 0.25) is 0 Å². The molecule has 39 heavy (non-hydrogen) atoms. The summed E-state index contributed by atoms with van der Waals surface area (Å²) in [6, 6.07) is 5.08. The first-order valence-corrected chi connectivity index (χ1v) is 13.9. The first-order valence-electron chi connectivity index (χ1n) is 13.9. The van der Waals surface area contributed by atoms with Crippen molar-refractivity contribution < 1.29 is 24.2 Å². The zero-order valence-corrected chi connectivity index (χ0v) is 24.0. The van der Waals surface area contributed by atoms with Crippen molar-refractivity contribution >= 4 is 23.4 Å². The third-order valence-electron chi connectivity index (χ3n) is 9.13. The molecule has 3 aliphatic heterocycles. The predicted molar refractivity (Wildman–Crippen MR) is 151 cm³/mol. The van der Waals surface area contributed by atoms with Crippen molar-refractivity contribution in [2.24, 2.45) is 17.8 Å². The van der Waals surface area contributed by atoms with Crippen molar-refractivity contribution in [3.63, 3.8) is 0 Å². The average Bonchev–Trinajstić information content (AvgIpc) is 3.40. The van der Waals surface area contributed by atoms with Gasteiger partial charge in [-0.05, 0) is 63.1 Å². The molecule has 3 amide bonds. The number of nitrogens with zero attached hydrogens (tertiary/aromatic N) is 3. The normalized spacial score (nSPS) is 30.8. The molecule has 0 aromatic heterocycles. The van der Waals surface area contributed by atoms with Crippen LogP contribution in [-0.2, 0) is 19.1 Å². The van der Waals surface area contributed by atoms with E-state index in [4.69, 9.17) is 4.74 Å². The number of carbonyl (C=O) groups is 3. The van der Waals surface area contributed by atoms with Gasteiger partial charge in [0, 0.05) is 39.0 Å². The summed E-state index contributed by atoms with van der Waals surface area (Å²) in [5.74, 6) is -2.10. The van der Waals surface area contributed by atoms with Gasteiger partial charge >= 0.3 is 0 Å². The number of hydrogen-bond donors (Lipinski definition) is 1. The van der Waals surface area contributed by atoms with Crippen LogP contribution in [0.1, 0.15) is 44.2 Å². The molecule has 6 atom stereocenters. The molecular weight excluding hydrogens is 494 g/mol. The molecule has 1 spiro atoms. The van der Waals surface area contributed by atoms with Crippen LogP contribution in [0.3, 0.4) is 0 Å². The van der Waals surface area contributed by atoms with Crippen molar-refractivity contribution in [3.8, 4) is 0 Å². The van der Waals surface area contributed by atoms with Gasteiger partial charge in [-0.25, -0.2) is 0 Å². The zero-order valence-electron chi connectivity index (χ0n) is 24.0. The number of aliphatic hydroxyl groups excluding tert-OH is 1. The molecule has 0 aliphatic carbocycles. The number of rotatable bonds is 11. The summed E-state index contributed by atoms with van der Waals surface area (Å²) in [5, 5.41) is 9.43. The van der Waals surface area contributed by atoms with Crippen LogP contribution in [0.5, 0.6) is 0 Å². The van der Waals surface area contributed by atoms with E-state index >= 15 is 0 Å². The van der Waals surface area contributed by atoms with Gasteiger partial charge in [0.05, 0.1) is 17.4 Å². The van der Waals surface area contributed by atoms with Gasteiger partial charge in [0.1, 0.15) is 11.6 Å². The summed E-state index contributed by atoms with van der Waals surface area (Å²) in [4.78, 5) is 47.7. The van der Waals surface area contributed by atoms with E-state index in [0.29, 0.717) is 32.4 Å². The maximum Gasteiger partial charge on any atom is 0.253 e. The lowest BCUT2D eigenvalue weighted by Gasteiger charge is -2.38. The molecule has 212 valence electrons. The molecule has 1 aromatic carbocycles. The molecule has 8 nitrogen and oxygen atoms in total. The summed E-state index contributed by atoms with van der Waals surface area (Å²) < 4.78 is 6.85. The number of likely N-dealkylation sites (tertiary alicyclic amines) is 1. The first-order chi connectivity index (χ1) is 18.5. The van der Waals surface area contributed by atoms with Gasteiger partial charge in [0.2, 0.25) is 11.8 Å². The van der Waals surface area contributed by atoms with E-state index in [1.54, 1.807) is 33.9 Å². The third-order valence-corrected chi connectivity index (χ3v) is 9.13. The minimum atomic E-state index is -1.12. The first kappa shape index (κ1) is 29.0. The van der Waals surface area contributed by atoms with E-state index in [9.17, 15) is 19.5 Å². The number of aryl methyl sites for hydroxylation is 2. The molecule has 0 saturated carbocycles. The van der Waals surface area contributed by atoms with E-state index in [2.05, 4.69) is 13.2 Å². The second-order valence-corrected chi connectivity index (χ2v) is 11.7.